The average molecular weight is 348 g/mol. The average Bonchev–Trinajstić information content (AvgIpc) is 3.24. The van der Waals surface area contributed by atoms with E-state index in [1.165, 1.54) is 10.6 Å². The van der Waals surface area contributed by atoms with Gasteiger partial charge in [-0.15, -0.1) is 0 Å². The molecule has 2 heterocycles. The van der Waals surface area contributed by atoms with Gasteiger partial charge in [0.2, 0.25) is 15.9 Å². The van der Waals surface area contributed by atoms with E-state index >= 15 is 0 Å². The van der Waals surface area contributed by atoms with Gasteiger partial charge in [-0.1, -0.05) is 6.92 Å². The Morgan fingerprint density at radius 2 is 1.96 bits per heavy atom. The Balaban J connectivity index is 1.82. The number of amides is 1. The minimum Gasteiger partial charge on any atom is -0.468 e. The van der Waals surface area contributed by atoms with Gasteiger partial charge in [0, 0.05) is 25.2 Å². The molecular weight excluding hydrogens is 328 g/mol. The van der Waals surface area contributed by atoms with Crippen LogP contribution in [0.25, 0.3) is 0 Å². The predicted molar refractivity (Wildman–Crippen MR) is 90.0 cm³/mol. The Bertz CT molecular complexity index is 798. The number of rotatable bonds is 6. The monoisotopic (exact) mass is 348 g/mol. The van der Waals surface area contributed by atoms with Gasteiger partial charge in [-0.3, -0.25) is 4.79 Å². The van der Waals surface area contributed by atoms with Gasteiger partial charge in [-0.25, -0.2) is 8.42 Å². The third-order valence-corrected chi connectivity index (χ3v) is 6.06. The zero-order chi connectivity index (χ0) is 17.2. The molecule has 0 radical (unpaired) electrons. The number of hydrogen-bond acceptors (Lipinski definition) is 4. The summed E-state index contributed by atoms with van der Waals surface area (Å²) < 4.78 is 32.2. The van der Waals surface area contributed by atoms with Crippen LogP contribution in [0, 0.1) is 0 Å². The van der Waals surface area contributed by atoms with E-state index in [9.17, 15) is 13.2 Å². The molecule has 7 heteroatoms. The molecule has 1 aliphatic heterocycles. The van der Waals surface area contributed by atoms with Crippen molar-refractivity contribution in [3.8, 4) is 0 Å². The zero-order valence-electron chi connectivity index (χ0n) is 13.5. The van der Waals surface area contributed by atoms with Crippen LogP contribution in [0.4, 0.5) is 5.69 Å². The fourth-order valence-corrected chi connectivity index (χ4v) is 4.23. The molecule has 0 N–H and O–H groups in total. The van der Waals surface area contributed by atoms with Crippen molar-refractivity contribution < 1.29 is 17.6 Å². The summed E-state index contributed by atoms with van der Waals surface area (Å²) in [6, 6.07) is 9.98. The van der Waals surface area contributed by atoms with Crippen molar-refractivity contribution >= 4 is 21.6 Å². The molecule has 6 nitrogen and oxygen atoms in total. The maximum absolute atomic E-state index is 12.8. The quantitative estimate of drug-likeness (QED) is 0.804. The molecule has 1 fully saturated rings. The molecule has 1 aromatic carbocycles. The van der Waals surface area contributed by atoms with Crippen molar-refractivity contribution in [2.45, 2.75) is 31.2 Å². The molecular formula is C17H20N2O4S. The summed E-state index contributed by atoms with van der Waals surface area (Å²) in [6.45, 7) is 3.01. The van der Waals surface area contributed by atoms with Crippen molar-refractivity contribution in [1.29, 1.82) is 0 Å². The smallest absolute Gasteiger partial charge is 0.243 e. The van der Waals surface area contributed by atoms with Crippen molar-refractivity contribution in [1.82, 2.24) is 4.31 Å². The van der Waals surface area contributed by atoms with Crippen LogP contribution >= 0.6 is 0 Å². The molecule has 1 saturated heterocycles. The first-order valence-corrected chi connectivity index (χ1v) is 9.39. The molecule has 0 atom stereocenters. The Kier molecular flexibility index (Phi) is 4.73. The van der Waals surface area contributed by atoms with Gasteiger partial charge in [-0.2, -0.15) is 4.31 Å². The number of hydrogen-bond donors (Lipinski definition) is 0. The summed E-state index contributed by atoms with van der Waals surface area (Å²) >= 11 is 0. The number of carbonyl (C=O) groups excluding carboxylic acids is 1. The number of carbonyl (C=O) groups is 1. The van der Waals surface area contributed by atoms with Crippen LogP contribution in [0.2, 0.25) is 0 Å². The van der Waals surface area contributed by atoms with Gasteiger partial charge in [0.15, 0.2) is 0 Å². The van der Waals surface area contributed by atoms with Gasteiger partial charge < -0.3 is 9.32 Å². The van der Waals surface area contributed by atoms with Gasteiger partial charge in [0.05, 0.1) is 17.7 Å². The van der Waals surface area contributed by atoms with E-state index in [-0.39, 0.29) is 17.3 Å². The van der Waals surface area contributed by atoms with Crippen LogP contribution in [0.3, 0.4) is 0 Å². The highest BCUT2D eigenvalue weighted by Gasteiger charge is 2.26. The van der Waals surface area contributed by atoms with E-state index in [1.54, 1.807) is 48.2 Å². The van der Waals surface area contributed by atoms with Crippen molar-refractivity contribution in [3.63, 3.8) is 0 Å². The molecule has 1 aromatic heterocycles. The summed E-state index contributed by atoms with van der Waals surface area (Å²) in [5, 5.41) is 0. The van der Waals surface area contributed by atoms with E-state index in [2.05, 4.69) is 0 Å². The third-order valence-electron chi connectivity index (χ3n) is 4.12. The van der Waals surface area contributed by atoms with Crippen LogP contribution in [0.15, 0.2) is 52.0 Å². The molecule has 0 aliphatic carbocycles. The van der Waals surface area contributed by atoms with Crippen LogP contribution in [-0.4, -0.2) is 31.7 Å². The topological polar surface area (TPSA) is 70.8 Å². The van der Waals surface area contributed by atoms with Gasteiger partial charge in [-0.05, 0) is 42.8 Å². The lowest BCUT2D eigenvalue weighted by molar-refractivity contribution is -0.117. The fraction of sp³-hybridized carbons (Fsp3) is 0.353. The van der Waals surface area contributed by atoms with E-state index in [1.807, 2.05) is 0 Å². The lowest BCUT2D eigenvalue weighted by atomic mass is 10.3. The summed E-state index contributed by atoms with van der Waals surface area (Å²) in [5.74, 6) is 0.679. The first-order chi connectivity index (χ1) is 11.5. The van der Waals surface area contributed by atoms with Crippen LogP contribution in [0.1, 0.15) is 25.5 Å². The van der Waals surface area contributed by atoms with Crippen molar-refractivity contribution in [2.24, 2.45) is 0 Å². The lowest BCUT2D eigenvalue weighted by Crippen LogP contribution is -2.30. The zero-order valence-corrected chi connectivity index (χ0v) is 14.3. The van der Waals surface area contributed by atoms with Gasteiger partial charge >= 0.3 is 0 Å². The Morgan fingerprint density at radius 3 is 2.50 bits per heavy atom. The lowest BCUT2D eigenvalue weighted by Gasteiger charge is -2.20. The highest BCUT2D eigenvalue weighted by molar-refractivity contribution is 7.89. The molecule has 0 spiro atoms. The molecule has 2 aromatic rings. The second kappa shape index (κ2) is 6.78. The number of anilines is 1. The largest absolute Gasteiger partial charge is 0.468 e. The summed E-state index contributed by atoms with van der Waals surface area (Å²) in [6.07, 6.45) is 2.91. The minimum atomic E-state index is -3.61. The van der Waals surface area contributed by atoms with Crippen molar-refractivity contribution in [3.05, 3.63) is 48.4 Å². The SMILES string of the molecule is CCN(Cc1ccco1)S(=O)(=O)c1ccc(N2CCCC2=O)cc1. The maximum atomic E-state index is 12.8. The molecule has 0 saturated carbocycles. The number of sulfonamides is 1. The Morgan fingerprint density at radius 1 is 1.21 bits per heavy atom. The second-order valence-electron chi connectivity index (χ2n) is 5.65. The molecule has 0 bridgehead atoms. The molecule has 1 aliphatic rings. The predicted octanol–water partition coefficient (Wildman–Crippen LogP) is 2.62. The summed E-state index contributed by atoms with van der Waals surface area (Å²) in [4.78, 5) is 13.7. The molecule has 3 rings (SSSR count). The normalized spacial score (nSPS) is 15.4. The van der Waals surface area contributed by atoms with E-state index in [0.717, 1.165) is 12.1 Å². The highest BCUT2D eigenvalue weighted by Crippen LogP contribution is 2.25. The van der Waals surface area contributed by atoms with Crippen molar-refractivity contribution in [2.75, 3.05) is 18.0 Å². The molecule has 1 amide bonds. The van der Waals surface area contributed by atoms with Gasteiger partial charge in [0.1, 0.15) is 5.76 Å². The fourth-order valence-electron chi connectivity index (χ4n) is 2.81. The Hall–Kier alpha value is -2.12. The first-order valence-electron chi connectivity index (χ1n) is 7.95. The van der Waals surface area contributed by atoms with Crippen LogP contribution in [0.5, 0.6) is 0 Å². The highest BCUT2D eigenvalue weighted by atomic mass is 32.2. The number of furan rings is 1. The minimum absolute atomic E-state index is 0.0820. The van der Waals surface area contributed by atoms with Crippen LogP contribution in [-0.2, 0) is 21.4 Å². The van der Waals surface area contributed by atoms with E-state index < -0.39 is 10.0 Å². The van der Waals surface area contributed by atoms with Gasteiger partial charge in [0.25, 0.3) is 0 Å². The van der Waals surface area contributed by atoms with Crippen LogP contribution < -0.4 is 4.90 Å². The second-order valence-corrected chi connectivity index (χ2v) is 7.59. The molecule has 128 valence electrons. The molecule has 24 heavy (non-hydrogen) atoms. The first kappa shape index (κ1) is 16.7. The van der Waals surface area contributed by atoms with E-state index in [0.29, 0.717) is 25.3 Å². The molecule has 0 unspecified atom stereocenters. The summed E-state index contributed by atoms with van der Waals surface area (Å²) in [5.41, 5.74) is 0.741. The van der Waals surface area contributed by atoms with E-state index in [4.69, 9.17) is 4.42 Å². The number of nitrogens with zero attached hydrogens (tertiary/aromatic N) is 2. The summed E-state index contributed by atoms with van der Waals surface area (Å²) in [7, 11) is -3.61. The number of benzene rings is 1. The standard InChI is InChI=1S/C17H20N2O4S/c1-2-18(13-15-5-4-12-23-15)24(21,22)16-9-7-14(8-10-16)19-11-3-6-17(19)20/h4-5,7-10,12H,2-3,6,11,13H2,1H3. The maximum Gasteiger partial charge on any atom is 0.243 e. The third kappa shape index (κ3) is 3.22. The Labute approximate surface area is 141 Å².